The van der Waals surface area contributed by atoms with Gasteiger partial charge < -0.3 is 9.47 Å². The molecule has 0 unspecified atom stereocenters. The van der Waals surface area contributed by atoms with Crippen molar-refractivity contribution in [2.75, 3.05) is 25.7 Å². The molecule has 172 valence electrons. The number of hydrogen-bond donors (Lipinski definition) is 0. The Labute approximate surface area is 188 Å². The molecule has 3 rings (SSSR count). The van der Waals surface area contributed by atoms with Crippen LogP contribution in [-0.2, 0) is 14.6 Å². The number of nitro groups is 2. The first kappa shape index (κ1) is 23.6. The molecule has 1 aliphatic heterocycles. The Hall–Kier alpha value is -4.06. The summed E-state index contributed by atoms with van der Waals surface area (Å²) < 4.78 is 34.8. The van der Waals surface area contributed by atoms with E-state index in [1.807, 2.05) is 0 Å². The molecule has 0 atom stereocenters. The summed E-state index contributed by atoms with van der Waals surface area (Å²) >= 11 is 0. The monoisotopic (exact) mass is 474 g/mol. The van der Waals surface area contributed by atoms with Gasteiger partial charge in [0.25, 0.3) is 0 Å². The fraction of sp³-hybridized carbons (Fsp3) is 0.190. The standard InChI is InChI=1S/C21H18N2O9S/c1-31-19-5-3-13(9-17(19)22(25)26)7-15-11-33(29,30)12-16(21(15)24)8-14-4-6-20(32-2)18(10-14)23(27)28/h3-10H,11-12H2,1-2H3/b15-7+,16-8+. The number of rotatable bonds is 6. The minimum atomic E-state index is -3.71. The highest BCUT2D eigenvalue weighted by atomic mass is 32.2. The van der Waals surface area contributed by atoms with Gasteiger partial charge in [0.15, 0.2) is 27.1 Å². The number of nitro benzene ring substituents is 2. The van der Waals surface area contributed by atoms with E-state index < -0.39 is 37.0 Å². The summed E-state index contributed by atoms with van der Waals surface area (Å²) in [4.78, 5) is 34.2. The van der Waals surface area contributed by atoms with Crippen LogP contribution in [0.2, 0.25) is 0 Å². The maximum absolute atomic E-state index is 13.0. The smallest absolute Gasteiger partial charge is 0.311 e. The number of ether oxygens (including phenoxy) is 2. The summed E-state index contributed by atoms with van der Waals surface area (Å²) in [5.41, 5.74) is -0.312. The largest absolute Gasteiger partial charge is 0.490 e. The lowest BCUT2D eigenvalue weighted by Crippen LogP contribution is -2.28. The number of benzene rings is 2. The van der Waals surface area contributed by atoms with E-state index >= 15 is 0 Å². The number of methoxy groups -OCH3 is 2. The minimum absolute atomic E-state index is 0.0198. The van der Waals surface area contributed by atoms with E-state index in [-0.39, 0.29) is 45.1 Å². The topological polar surface area (TPSA) is 156 Å². The molecule has 0 spiro atoms. The van der Waals surface area contributed by atoms with Crippen molar-refractivity contribution in [1.82, 2.24) is 0 Å². The zero-order valence-corrected chi connectivity index (χ0v) is 18.3. The third-order valence-electron chi connectivity index (χ3n) is 4.82. The summed E-state index contributed by atoms with van der Waals surface area (Å²) in [6.07, 6.45) is 2.55. The van der Waals surface area contributed by atoms with Crippen molar-refractivity contribution in [3.63, 3.8) is 0 Å². The second-order valence-corrected chi connectivity index (χ2v) is 9.14. The van der Waals surface area contributed by atoms with Crippen LogP contribution < -0.4 is 9.47 Å². The Morgan fingerprint density at radius 1 is 0.818 bits per heavy atom. The van der Waals surface area contributed by atoms with Crippen molar-refractivity contribution in [1.29, 1.82) is 0 Å². The van der Waals surface area contributed by atoms with Crippen molar-refractivity contribution >= 4 is 39.1 Å². The predicted octanol–water partition coefficient (Wildman–Crippen LogP) is 2.98. The Bertz CT molecular complexity index is 1230. The third-order valence-corrected chi connectivity index (χ3v) is 6.32. The van der Waals surface area contributed by atoms with E-state index in [0.29, 0.717) is 0 Å². The van der Waals surface area contributed by atoms with E-state index in [2.05, 4.69) is 0 Å². The number of carbonyl (C=O) groups excluding carboxylic acids is 1. The number of hydrogen-bond acceptors (Lipinski definition) is 9. The molecule has 1 heterocycles. The molecule has 0 bridgehead atoms. The first-order valence-corrected chi connectivity index (χ1v) is 11.2. The van der Waals surface area contributed by atoms with E-state index in [0.717, 1.165) is 0 Å². The van der Waals surface area contributed by atoms with Crippen LogP contribution in [0.15, 0.2) is 47.5 Å². The molecule has 12 heteroatoms. The molecular weight excluding hydrogens is 456 g/mol. The summed E-state index contributed by atoms with van der Waals surface area (Å²) in [5.74, 6) is -1.60. The molecule has 11 nitrogen and oxygen atoms in total. The number of Topliss-reactive ketones (excluding diaryl/α,β-unsaturated/α-hetero) is 1. The molecule has 0 aliphatic carbocycles. The van der Waals surface area contributed by atoms with Gasteiger partial charge in [-0.2, -0.15) is 0 Å². The van der Waals surface area contributed by atoms with Gasteiger partial charge in [0.2, 0.25) is 0 Å². The van der Waals surface area contributed by atoms with E-state index in [4.69, 9.17) is 9.47 Å². The first-order chi connectivity index (χ1) is 15.5. The highest BCUT2D eigenvalue weighted by Crippen LogP contribution is 2.31. The highest BCUT2D eigenvalue weighted by molar-refractivity contribution is 7.92. The summed E-state index contributed by atoms with van der Waals surface area (Å²) in [6, 6.07) is 7.97. The average molecular weight is 474 g/mol. The fourth-order valence-corrected chi connectivity index (χ4v) is 4.84. The number of ketones is 1. The van der Waals surface area contributed by atoms with Gasteiger partial charge in [-0.05, 0) is 35.4 Å². The van der Waals surface area contributed by atoms with Crippen LogP contribution in [-0.4, -0.2) is 49.8 Å². The molecule has 1 aliphatic rings. The molecule has 2 aromatic carbocycles. The minimum Gasteiger partial charge on any atom is -0.490 e. The number of nitrogens with zero attached hydrogens (tertiary/aromatic N) is 2. The molecule has 1 saturated heterocycles. The van der Waals surface area contributed by atoms with Crippen molar-refractivity contribution in [3.05, 3.63) is 78.9 Å². The second-order valence-electron chi connectivity index (χ2n) is 7.08. The van der Waals surface area contributed by atoms with Gasteiger partial charge in [0.1, 0.15) is 0 Å². The maximum Gasteiger partial charge on any atom is 0.311 e. The average Bonchev–Trinajstić information content (AvgIpc) is 2.76. The molecular formula is C21H18N2O9S. The van der Waals surface area contributed by atoms with Crippen molar-refractivity contribution in [3.8, 4) is 11.5 Å². The molecule has 1 fully saturated rings. The van der Waals surface area contributed by atoms with Crippen LogP contribution in [0.4, 0.5) is 11.4 Å². The van der Waals surface area contributed by atoms with Crippen molar-refractivity contribution in [2.24, 2.45) is 0 Å². The summed E-state index contributed by atoms with van der Waals surface area (Å²) in [7, 11) is -1.16. The van der Waals surface area contributed by atoms with E-state index in [1.165, 1.54) is 62.8 Å². The summed E-state index contributed by atoms with van der Waals surface area (Å²) in [5, 5.41) is 22.5. The maximum atomic E-state index is 13.0. The second kappa shape index (κ2) is 9.20. The molecule has 0 saturated carbocycles. The zero-order chi connectivity index (χ0) is 24.3. The molecule has 0 radical (unpaired) electrons. The fourth-order valence-electron chi connectivity index (χ4n) is 3.36. The molecule has 33 heavy (non-hydrogen) atoms. The van der Waals surface area contributed by atoms with Crippen LogP contribution in [0.5, 0.6) is 11.5 Å². The lowest BCUT2D eigenvalue weighted by Gasteiger charge is -2.17. The highest BCUT2D eigenvalue weighted by Gasteiger charge is 2.31. The Morgan fingerprint density at radius 3 is 1.55 bits per heavy atom. The van der Waals surface area contributed by atoms with Crippen LogP contribution in [0.3, 0.4) is 0 Å². The van der Waals surface area contributed by atoms with E-state index in [1.54, 1.807) is 0 Å². The Morgan fingerprint density at radius 2 is 1.21 bits per heavy atom. The number of carbonyl (C=O) groups is 1. The Balaban J connectivity index is 2.05. The first-order valence-electron chi connectivity index (χ1n) is 9.35. The lowest BCUT2D eigenvalue weighted by molar-refractivity contribution is -0.385. The van der Waals surface area contributed by atoms with Gasteiger partial charge in [-0.25, -0.2) is 8.42 Å². The normalized spacial score (nSPS) is 17.7. The predicted molar refractivity (Wildman–Crippen MR) is 119 cm³/mol. The zero-order valence-electron chi connectivity index (χ0n) is 17.5. The van der Waals surface area contributed by atoms with Gasteiger partial charge >= 0.3 is 11.4 Å². The summed E-state index contributed by atoms with van der Waals surface area (Å²) in [6.45, 7) is 0. The van der Waals surface area contributed by atoms with Gasteiger partial charge in [0, 0.05) is 23.3 Å². The third kappa shape index (κ3) is 5.23. The molecule has 0 amide bonds. The van der Waals surface area contributed by atoms with Crippen molar-refractivity contribution < 1.29 is 32.5 Å². The van der Waals surface area contributed by atoms with Gasteiger partial charge in [-0.1, -0.05) is 12.1 Å². The van der Waals surface area contributed by atoms with Gasteiger partial charge in [-0.15, -0.1) is 0 Å². The lowest BCUT2D eigenvalue weighted by atomic mass is 10.00. The molecule has 0 N–H and O–H groups in total. The Kier molecular flexibility index (Phi) is 6.58. The van der Waals surface area contributed by atoms with E-state index in [9.17, 15) is 33.4 Å². The van der Waals surface area contributed by atoms with Crippen LogP contribution in [0, 0.1) is 20.2 Å². The SMILES string of the molecule is COc1ccc(/C=C2\CS(=O)(=O)C/C(=C\c3ccc(OC)c([N+](=O)[O-])c3)C2=O)cc1[N+](=O)[O-]. The van der Waals surface area contributed by atoms with Crippen molar-refractivity contribution in [2.45, 2.75) is 0 Å². The van der Waals surface area contributed by atoms with Crippen LogP contribution in [0.1, 0.15) is 11.1 Å². The van der Waals surface area contributed by atoms with Crippen LogP contribution in [0.25, 0.3) is 12.2 Å². The van der Waals surface area contributed by atoms with Crippen LogP contribution >= 0.6 is 0 Å². The van der Waals surface area contributed by atoms with Gasteiger partial charge in [0.05, 0.1) is 35.6 Å². The quantitative estimate of drug-likeness (QED) is 0.349. The number of sulfone groups is 1. The molecule has 0 aromatic heterocycles. The van der Waals surface area contributed by atoms with Gasteiger partial charge in [-0.3, -0.25) is 25.0 Å². The molecule has 2 aromatic rings.